The molecular formula is C16H35NNa2O6S. The minimum absolute atomic E-state index is 0. The van der Waals surface area contributed by atoms with Crippen LogP contribution in [0, 0.1) is 0 Å². The summed E-state index contributed by atoms with van der Waals surface area (Å²) in [7, 11) is -5.17. The fourth-order valence-corrected chi connectivity index (χ4v) is 2.14. The van der Waals surface area contributed by atoms with Gasteiger partial charge in [0.05, 0.1) is 13.2 Å². The van der Waals surface area contributed by atoms with Crippen molar-refractivity contribution in [2.45, 2.75) is 71.1 Å². The normalized spacial score (nSPS) is 10.3. The maximum Gasteiger partial charge on any atom is 1.00 e. The number of rotatable bonds is 16. The van der Waals surface area contributed by atoms with Crippen molar-refractivity contribution in [1.29, 1.82) is 0 Å². The van der Waals surface area contributed by atoms with Gasteiger partial charge in [-0.05, 0) is 6.42 Å². The quantitative estimate of drug-likeness (QED) is 0.115. The van der Waals surface area contributed by atoms with Crippen LogP contribution in [-0.2, 0) is 15.1 Å². The van der Waals surface area contributed by atoms with Crippen molar-refractivity contribution in [2.75, 3.05) is 32.9 Å². The SMILES string of the molecule is CCCCCCCCCCCCOCCNCCO.O=S(=O)([O-])[O-].[Na+].[Na+]. The van der Waals surface area contributed by atoms with Crippen molar-refractivity contribution in [3.63, 3.8) is 0 Å². The summed E-state index contributed by atoms with van der Waals surface area (Å²) < 4.78 is 39.6. The molecule has 0 saturated carbocycles. The summed E-state index contributed by atoms with van der Waals surface area (Å²) in [6, 6.07) is 0. The Bertz CT molecular complexity index is 311. The molecule has 0 aliphatic heterocycles. The van der Waals surface area contributed by atoms with E-state index in [9.17, 15) is 0 Å². The number of ether oxygens (including phenoxy) is 1. The number of nitrogens with one attached hydrogen (secondary N) is 1. The molecule has 0 bridgehead atoms. The van der Waals surface area contributed by atoms with E-state index in [2.05, 4.69) is 12.2 Å². The molecular weight excluding hydrogens is 380 g/mol. The molecule has 26 heavy (non-hydrogen) atoms. The first kappa shape index (κ1) is 35.2. The summed E-state index contributed by atoms with van der Waals surface area (Å²) in [5.41, 5.74) is 0. The smallest absolute Gasteiger partial charge is 0.759 e. The third kappa shape index (κ3) is 50.1. The van der Waals surface area contributed by atoms with Gasteiger partial charge in [-0.15, -0.1) is 0 Å². The van der Waals surface area contributed by atoms with E-state index in [1.54, 1.807) is 0 Å². The second kappa shape index (κ2) is 29.0. The number of hydrogen-bond donors (Lipinski definition) is 2. The molecule has 0 amide bonds. The van der Waals surface area contributed by atoms with Crippen LogP contribution in [0.1, 0.15) is 71.1 Å². The number of hydrogen-bond acceptors (Lipinski definition) is 7. The van der Waals surface area contributed by atoms with Crippen molar-refractivity contribution in [2.24, 2.45) is 0 Å². The van der Waals surface area contributed by atoms with Crippen molar-refractivity contribution < 1.29 is 86.5 Å². The molecule has 0 aromatic heterocycles. The van der Waals surface area contributed by atoms with E-state index in [1.807, 2.05) is 0 Å². The fourth-order valence-electron chi connectivity index (χ4n) is 2.14. The maximum atomic E-state index is 8.57. The molecule has 0 aromatic carbocycles. The summed E-state index contributed by atoms with van der Waals surface area (Å²) in [4.78, 5) is 0. The van der Waals surface area contributed by atoms with Crippen LogP contribution in [0.2, 0.25) is 0 Å². The fraction of sp³-hybridized carbons (Fsp3) is 1.00. The summed E-state index contributed by atoms with van der Waals surface area (Å²) >= 11 is 0. The Morgan fingerprint density at radius 1 is 0.808 bits per heavy atom. The van der Waals surface area contributed by atoms with Crippen LogP contribution in [0.25, 0.3) is 0 Å². The van der Waals surface area contributed by atoms with E-state index in [-0.39, 0.29) is 65.7 Å². The summed E-state index contributed by atoms with van der Waals surface area (Å²) in [6.45, 7) is 5.64. The zero-order valence-corrected chi connectivity index (χ0v) is 21.8. The largest absolute Gasteiger partial charge is 1.00 e. The third-order valence-electron chi connectivity index (χ3n) is 3.35. The minimum atomic E-state index is -5.17. The molecule has 0 spiro atoms. The molecule has 0 radical (unpaired) electrons. The molecule has 7 nitrogen and oxygen atoms in total. The topological polar surface area (TPSA) is 122 Å². The second-order valence-corrected chi connectivity index (χ2v) is 6.49. The number of aliphatic hydroxyl groups is 1. The second-order valence-electron chi connectivity index (χ2n) is 5.68. The van der Waals surface area contributed by atoms with E-state index in [1.165, 1.54) is 64.2 Å². The zero-order valence-electron chi connectivity index (χ0n) is 17.0. The van der Waals surface area contributed by atoms with Crippen LogP contribution in [0.3, 0.4) is 0 Å². The summed E-state index contributed by atoms with van der Waals surface area (Å²) in [5.74, 6) is 0. The van der Waals surface area contributed by atoms with Gasteiger partial charge in [0.2, 0.25) is 0 Å². The van der Waals surface area contributed by atoms with Gasteiger partial charge in [0, 0.05) is 30.1 Å². The predicted octanol–water partition coefficient (Wildman–Crippen LogP) is -3.82. The maximum absolute atomic E-state index is 8.57. The molecule has 0 saturated heterocycles. The molecule has 0 fully saturated rings. The average Bonchev–Trinajstić information content (AvgIpc) is 2.49. The monoisotopic (exact) mass is 415 g/mol. The van der Waals surface area contributed by atoms with Gasteiger partial charge in [-0.3, -0.25) is 8.42 Å². The molecule has 0 rings (SSSR count). The molecule has 0 aliphatic carbocycles. The van der Waals surface area contributed by atoms with Gasteiger partial charge < -0.3 is 24.3 Å². The molecule has 0 heterocycles. The van der Waals surface area contributed by atoms with Crippen LogP contribution in [0.5, 0.6) is 0 Å². The molecule has 2 N–H and O–H groups in total. The molecule has 0 unspecified atom stereocenters. The number of aliphatic hydroxyl groups excluding tert-OH is 1. The Balaban J connectivity index is -0.000000304. The van der Waals surface area contributed by atoms with Crippen LogP contribution in [0.15, 0.2) is 0 Å². The van der Waals surface area contributed by atoms with Gasteiger partial charge in [0.1, 0.15) is 0 Å². The Morgan fingerprint density at radius 3 is 1.65 bits per heavy atom. The Hall–Kier alpha value is 1.75. The van der Waals surface area contributed by atoms with Gasteiger partial charge >= 0.3 is 59.1 Å². The van der Waals surface area contributed by atoms with Gasteiger partial charge in [-0.1, -0.05) is 64.7 Å². The van der Waals surface area contributed by atoms with Crippen LogP contribution in [0.4, 0.5) is 0 Å². The van der Waals surface area contributed by atoms with E-state index < -0.39 is 10.4 Å². The first-order valence-electron chi connectivity index (χ1n) is 8.97. The molecule has 0 aliphatic rings. The van der Waals surface area contributed by atoms with Gasteiger partial charge in [-0.25, -0.2) is 0 Å². The molecule has 10 heteroatoms. The number of unbranched alkanes of at least 4 members (excludes halogenated alkanes) is 9. The van der Waals surface area contributed by atoms with Crippen LogP contribution >= 0.6 is 0 Å². The molecule has 0 atom stereocenters. The minimum Gasteiger partial charge on any atom is -0.759 e. The third-order valence-corrected chi connectivity index (χ3v) is 3.35. The summed E-state index contributed by atoms with van der Waals surface area (Å²) in [6.07, 6.45) is 13.7. The first-order valence-corrected chi connectivity index (χ1v) is 10.3. The Morgan fingerprint density at radius 2 is 1.23 bits per heavy atom. The van der Waals surface area contributed by atoms with Crippen molar-refractivity contribution >= 4 is 10.4 Å². The first-order chi connectivity index (χ1) is 11.4. The van der Waals surface area contributed by atoms with Crippen LogP contribution < -0.4 is 64.4 Å². The van der Waals surface area contributed by atoms with Crippen molar-refractivity contribution in [3.8, 4) is 0 Å². The van der Waals surface area contributed by atoms with E-state index >= 15 is 0 Å². The zero-order chi connectivity index (χ0) is 18.5. The van der Waals surface area contributed by atoms with Gasteiger partial charge in [0.25, 0.3) is 0 Å². The van der Waals surface area contributed by atoms with Gasteiger partial charge in [-0.2, -0.15) is 0 Å². The molecule has 148 valence electrons. The van der Waals surface area contributed by atoms with Crippen molar-refractivity contribution in [3.05, 3.63) is 0 Å². The Kier molecular flexibility index (Phi) is 39.2. The van der Waals surface area contributed by atoms with E-state index in [0.717, 1.165) is 19.8 Å². The van der Waals surface area contributed by atoms with Gasteiger partial charge in [0.15, 0.2) is 0 Å². The van der Waals surface area contributed by atoms with E-state index in [0.29, 0.717) is 6.54 Å². The molecule has 0 aromatic rings. The van der Waals surface area contributed by atoms with Crippen molar-refractivity contribution in [1.82, 2.24) is 5.32 Å². The average molecular weight is 416 g/mol. The Labute approximate surface area is 204 Å². The van der Waals surface area contributed by atoms with E-state index in [4.69, 9.17) is 27.4 Å². The predicted molar refractivity (Wildman–Crippen MR) is 93.1 cm³/mol. The standard InChI is InChI=1S/C16H35NO2.2Na.H2O4S/c1-2-3-4-5-6-7-8-9-10-11-15-19-16-13-17-12-14-18;;;1-5(2,3)4/h17-18H,2-16H2,1H3;;;(H2,1,2,3,4)/q;2*+1;/p-2. The van der Waals surface area contributed by atoms with Crippen LogP contribution in [-0.4, -0.2) is 55.5 Å². The summed E-state index contributed by atoms with van der Waals surface area (Å²) in [5, 5.41) is 11.7.